The number of amides is 1. The summed E-state index contributed by atoms with van der Waals surface area (Å²) in [6.45, 7) is 11.4. The molecule has 1 rings (SSSR count). The molecule has 1 aromatic rings. The Morgan fingerprint density at radius 1 is 1.35 bits per heavy atom. The van der Waals surface area contributed by atoms with E-state index in [9.17, 15) is 4.79 Å². The summed E-state index contributed by atoms with van der Waals surface area (Å²) in [7, 11) is 0. The molecular weight excluding hydrogens is 230 g/mol. The molecule has 0 aromatic heterocycles. The number of aryl methyl sites for hydroxylation is 1. The van der Waals surface area contributed by atoms with Gasteiger partial charge < -0.3 is 5.32 Å². The molecule has 0 spiro atoms. The van der Waals surface area contributed by atoms with Crippen LogP contribution in [-0.2, 0) is 11.3 Å². The van der Waals surface area contributed by atoms with Gasteiger partial charge in [-0.25, -0.2) is 0 Å². The highest BCUT2D eigenvalue weighted by Gasteiger charge is 1.92. The maximum absolute atomic E-state index is 10.6. The van der Waals surface area contributed by atoms with E-state index in [0.29, 0.717) is 6.54 Å². The molecule has 0 aliphatic carbocycles. The van der Waals surface area contributed by atoms with Gasteiger partial charge in [0, 0.05) is 13.5 Å². The molecule has 2 nitrogen and oxygen atoms in total. The van der Waals surface area contributed by atoms with E-state index in [0.717, 1.165) is 5.56 Å². The highest BCUT2D eigenvalue weighted by molar-refractivity contribution is 7.83. The fraction of sp³-hybridized carbons (Fsp3) is 0.357. The van der Waals surface area contributed by atoms with Gasteiger partial charge in [-0.05, 0) is 17.9 Å². The zero-order chi connectivity index (χ0) is 13.7. The van der Waals surface area contributed by atoms with E-state index in [1.807, 2.05) is 45.0 Å². The van der Waals surface area contributed by atoms with Gasteiger partial charge in [-0.2, -0.15) is 12.6 Å². The molecule has 0 aliphatic rings. The van der Waals surface area contributed by atoms with E-state index < -0.39 is 0 Å². The molecule has 3 heteroatoms. The molecule has 1 amide bonds. The fourth-order valence-corrected chi connectivity index (χ4v) is 0.932. The Morgan fingerprint density at radius 2 is 1.76 bits per heavy atom. The number of rotatable bonds is 2. The molecule has 0 bridgehead atoms. The van der Waals surface area contributed by atoms with Crippen LogP contribution in [0.1, 0.15) is 31.9 Å². The molecule has 96 valence electrons. The largest absolute Gasteiger partial charge is 0.352 e. The van der Waals surface area contributed by atoms with E-state index in [1.165, 1.54) is 17.9 Å². The van der Waals surface area contributed by atoms with Crippen LogP contribution in [0.25, 0.3) is 0 Å². The SMILES string of the molecule is C=CS.CC.CC(=O)NCc1ccc(C)cc1. The van der Waals surface area contributed by atoms with E-state index >= 15 is 0 Å². The zero-order valence-electron chi connectivity index (χ0n) is 11.2. The summed E-state index contributed by atoms with van der Waals surface area (Å²) in [5.74, 6) is 0.00979. The van der Waals surface area contributed by atoms with Gasteiger partial charge >= 0.3 is 0 Å². The van der Waals surface area contributed by atoms with Crippen molar-refractivity contribution in [2.45, 2.75) is 34.2 Å². The summed E-state index contributed by atoms with van der Waals surface area (Å²) in [5, 5.41) is 4.19. The highest BCUT2D eigenvalue weighted by Crippen LogP contribution is 2.01. The van der Waals surface area contributed by atoms with Gasteiger partial charge in [0.25, 0.3) is 0 Å². The Morgan fingerprint density at radius 3 is 2.12 bits per heavy atom. The van der Waals surface area contributed by atoms with Crippen molar-refractivity contribution in [3.63, 3.8) is 0 Å². The molecule has 0 fully saturated rings. The first-order valence-corrected chi connectivity index (χ1v) is 6.17. The third-order valence-electron chi connectivity index (χ3n) is 1.66. The van der Waals surface area contributed by atoms with Crippen LogP contribution in [0.3, 0.4) is 0 Å². The third kappa shape index (κ3) is 12.7. The standard InChI is InChI=1S/C10H13NO.C2H4S.C2H6/c1-8-3-5-10(6-4-8)7-11-9(2)12;1-2-3;1-2/h3-6H,7H2,1-2H3,(H,11,12);2-3H,1H2;1-2H3. The topological polar surface area (TPSA) is 29.1 Å². The second-order valence-electron chi connectivity index (χ2n) is 3.08. The van der Waals surface area contributed by atoms with Crippen molar-refractivity contribution in [1.29, 1.82) is 0 Å². The molecular formula is C14H23NOS. The predicted octanol–water partition coefficient (Wildman–Crippen LogP) is 3.72. The van der Waals surface area contributed by atoms with Crippen LogP contribution >= 0.6 is 12.6 Å². The molecule has 0 atom stereocenters. The minimum absolute atomic E-state index is 0.00979. The summed E-state index contributed by atoms with van der Waals surface area (Å²) in [4.78, 5) is 10.6. The van der Waals surface area contributed by atoms with Gasteiger partial charge in [-0.15, -0.1) is 0 Å². The van der Waals surface area contributed by atoms with Crippen molar-refractivity contribution in [1.82, 2.24) is 5.32 Å². The summed E-state index contributed by atoms with van der Waals surface area (Å²) in [5.41, 5.74) is 2.37. The van der Waals surface area contributed by atoms with Crippen molar-refractivity contribution in [3.8, 4) is 0 Å². The molecule has 0 heterocycles. The summed E-state index contributed by atoms with van der Waals surface area (Å²) in [6, 6.07) is 8.12. The maximum atomic E-state index is 10.6. The van der Waals surface area contributed by atoms with Gasteiger partial charge in [-0.1, -0.05) is 50.3 Å². The van der Waals surface area contributed by atoms with Gasteiger partial charge in [0.05, 0.1) is 0 Å². The van der Waals surface area contributed by atoms with Crippen molar-refractivity contribution < 1.29 is 4.79 Å². The van der Waals surface area contributed by atoms with Crippen LogP contribution in [0.2, 0.25) is 0 Å². The first-order valence-electron chi connectivity index (χ1n) is 5.65. The Hall–Kier alpha value is -1.22. The van der Waals surface area contributed by atoms with Crippen LogP contribution in [0.5, 0.6) is 0 Å². The number of nitrogens with one attached hydrogen (secondary N) is 1. The fourth-order valence-electron chi connectivity index (χ4n) is 0.932. The van der Waals surface area contributed by atoms with Gasteiger partial charge in [0.15, 0.2) is 0 Å². The van der Waals surface area contributed by atoms with E-state index in [1.54, 1.807) is 0 Å². The maximum Gasteiger partial charge on any atom is 0.217 e. The summed E-state index contributed by atoms with van der Waals surface area (Å²) >= 11 is 3.55. The summed E-state index contributed by atoms with van der Waals surface area (Å²) < 4.78 is 0. The van der Waals surface area contributed by atoms with E-state index in [4.69, 9.17) is 0 Å². The Balaban J connectivity index is 0. The first-order chi connectivity index (χ1) is 8.10. The summed E-state index contributed by atoms with van der Waals surface area (Å²) in [6.07, 6.45) is 0. The average Bonchev–Trinajstić information content (AvgIpc) is 2.32. The number of hydrogen-bond donors (Lipinski definition) is 2. The van der Waals surface area contributed by atoms with Crippen molar-refractivity contribution in [2.75, 3.05) is 0 Å². The van der Waals surface area contributed by atoms with Gasteiger partial charge in [-0.3, -0.25) is 4.79 Å². The molecule has 1 N–H and O–H groups in total. The lowest BCUT2D eigenvalue weighted by atomic mass is 10.1. The Kier molecular flexibility index (Phi) is 13.7. The number of benzene rings is 1. The van der Waals surface area contributed by atoms with Crippen LogP contribution in [0, 0.1) is 6.92 Å². The zero-order valence-corrected chi connectivity index (χ0v) is 12.1. The monoisotopic (exact) mass is 253 g/mol. The second kappa shape index (κ2) is 12.8. The van der Waals surface area contributed by atoms with Crippen LogP contribution in [0.4, 0.5) is 0 Å². The van der Waals surface area contributed by atoms with Crippen molar-refractivity contribution >= 4 is 18.5 Å². The third-order valence-corrected chi connectivity index (χ3v) is 1.66. The van der Waals surface area contributed by atoms with Crippen molar-refractivity contribution in [2.24, 2.45) is 0 Å². The molecule has 0 saturated heterocycles. The lowest BCUT2D eigenvalue weighted by Crippen LogP contribution is -2.18. The second-order valence-corrected chi connectivity index (χ2v) is 3.44. The molecule has 0 unspecified atom stereocenters. The minimum atomic E-state index is 0.00979. The molecule has 0 aliphatic heterocycles. The Labute approximate surface area is 111 Å². The lowest BCUT2D eigenvalue weighted by Gasteiger charge is -2.01. The smallest absolute Gasteiger partial charge is 0.217 e. The average molecular weight is 253 g/mol. The molecule has 17 heavy (non-hydrogen) atoms. The van der Waals surface area contributed by atoms with Crippen LogP contribution in [-0.4, -0.2) is 5.91 Å². The molecule has 0 saturated carbocycles. The van der Waals surface area contributed by atoms with Gasteiger partial charge in [0.2, 0.25) is 5.91 Å². The van der Waals surface area contributed by atoms with E-state index in [2.05, 4.69) is 24.5 Å². The first kappa shape index (κ1) is 18.2. The number of carbonyl (C=O) groups is 1. The van der Waals surface area contributed by atoms with E-state index in [-0.39, 0.29) is 5.91 Å². The lowest BCUT2D eigenvalue weighted by molar-refractivity contribution is -0.119. The van der Waals surface area contributed by atoms with Crippen LogP contribution < -0.4 is 5.32 Å². The normalized spacial score (nSPS) is 7.82. The number of hydrogen-bond acceptors (Lipinski definition) is 2. The minimum Gasteiger partial charge on any atom is -0.352 e. The molecule has 0 radical (unpaired) electrons. The predicted molar refractivity (Wildman–Crippen MR) is 79.2 cm³/mol. The van der Waals surface area contributed by atoms with Crippen molar-refractivity contribution in [3.05, 3.63) is 47.4 Å². The number of thiol groups is 1. The van der Waals surface area contributed by atoms with Crippen LogP contribution in [0.15, 0.2) is 36.3 Å². The molecule has 1 aromatic carbocycles. The Bertz CT molecular complexity index is 307. The van der Waals surface area contributed by atoms with Gasteiger partial charge in [0.1, 0.15) is 0 Å². The quantitative estimate of drug-likeness (QED) is 0.773. The number of carbonyl (C=O) groups excluding carboxylic acids is 1. The highest BCUT2D eigenvalue weighted by atomic mass is 32.1.